The largest absolute Gasteiger partial charge is 0.394 e. The zero-order chi connectivity index (χ0) is 77.3. The lowest BCUT2D eigenvalue weighted by atomic mass is 9.94. The Balaban J connectivity index is 1.15. The summed E-state index contributed by atoms with van der Waals surface area (Å²) in [6, 6.07) is -2.82. The number of amides is 2. The second-order valence-electron chi connectivity index (χ2n) is 29.6. The van der Waals surface area contributed by atoms with Gasteiger partial charge in [-0.05, 0) is 44.9 Å². The van der Waals surface area contributed by atoms with Gasteiger partial charge in [-0.15, -0.1) is 0 Å². The van der Waals surface area contributed by atoms with Crippen LogP contribution in [0.5, 0.6) is 0 Å². The van der Waals surface area contributed by atoms with Crippen molar-refractivity contribution in [3.05, 3.63) is 24.3 Å². The van der Waals surface area contributed by atoms with Gasteiger partial charge in [0.25, 0.3) is 0 Å². The highest BCUT2D eigenvalue weighted by Crippen LogP contribution is 2.37. The van der Waals surface area contributed by atoms with E-state index in [4.69, 9.17) is 47.4 Å². The molecule has 30 nitrogen and oxygen atoms in total. The molecule has 5 saturated heterocycles. The second kappa shape index (κ2) is 53.4. The van der Waals surface area contributed by atoms with E-state index in [-0.39, 0.29) is 12.3 Å². The average molecular weight is 1530 g/mol. The van der Waals surface area contributed by atoms with Crippen LogP contribution in [0.15, 0.2) is 24.3 Å². The average Bonchev–Trinajstić information content (AvgIpc) is 0.785. The quantitative estimate of drug-likeness (QED) is 0.0307. The minimum Gasteiger partial charge on any atom is -0.394 e. The smallest absolute Gasteiger partial charge is 0.220 e. The third-order valence-electron chi connectivity index (χ3n) is 20.9. The summed E-state index contributed by atoms with van der Waals surface area (Å²) in [6.45, 7) is 0.354. The molecule has 620 valence electrons. The topological polar surface area (TPSA) is 474 Å². The second-order valence-corrected chi connectivity index (χ2v) is 29.6. The van der Waals surface area contributed by atoms with Crippen LogP contribution in [0.25, 0.3) is 0 Å². The number of aliphatic hydroxyl groups is 16. The van der Waals surface area contributed by atoms with Gasteiger partial charge in [0.05, 0.1) is 51.8 Å². The SMILES string of the molecule is CCCCCCCC/C=C\CCCCCCCCCCCCCCCC(=O)N[C@@H](CO[C@@H]1OC(CO)[C@@H](O[C@@H]2OC(CO)[C@H](O)[C@H](O[C@@H]3OC(CO)[C@@H](O[C@@H]4OC(CO)[C@H](O)[C@H](O[C@H]5OC(CO)[C@H](O)[C@H](O)C5O)C4O)[C@H](O)C3NC(C)=O)C2O)[C@H](O)C1O)[C@H](O)/C=C/CCCCCCCCCCCCC. The minimum absolute atomic E-state index is 0.190. The number of hydrogen-bond donors (Lipinski definition) is 18. The van der Waals surface area contributed by atoms with Gasteiger partial charge < -0.3 is 140 Å². The van der Waals surface area contributed by atoms with Crippen LogP contribution in [0.4, 0.5) is 0 Å². The number of hydrogen-bond acceptors (Lipinski definition) is 28. The molecule has 0 bridgehead atoms. The summed E-state index contributed by atoms with van der Waals surface area (Å²) < 4.78 is 58.4. The number of rotatable bonds is 55. The third kappa shape index (κ3) is 31.4. The molecule has 5 aliphatic rings. The molecule has 0 saturated carbocycles. The Bertz CT molecular complexity index is 2340. The van der Waals surface area contributed by atoms with Crippen molar-refractivity contribution in [3.8, 4) is 0 Å². The van der Waals surface area contributed by atoms with Gasteiger partial charge in [0.1, 0.15) is 122 Å². The first-order chi connectivity index (χ1) is 51.2. The van der Waals surface area contributed by atoms with Crippen molar-refractivity contribution in [2.24, 2.45) is 0 Å². The van der Waals surface area contributed by atoms with Crippen LogP contribution < -0.4 is 10.6 Å². The monoisotopic (exact) mass is 1530 g/mol. The third-order valence-corrected chi connectivity index (χ3v) is 20.9. The summed E-state index contributed by atoms with van der Waals surface area (Å²) in [7, 11) is 0. The van der Waals surface area contributed by atoms with Crippen molar-refractivity contribution in [2.75, 3.05) is 39.6 Å². The summed E-state index contributed by atoms with van der Waals surface area (Å²) in [5, 5.41) is 181. The lowest BCUT2D eigenvalue weighted by Crippen LogP contribution is -2.70. The van der Waals surface area contributed by atoms with Gasteiger partial charge >= 0.3 is 0 Å². The first-order valence-corrected chi connectivity index (χ1v) is 40.1. The Hall–Kier alpha value is -2.62. The first-order valence-electron chi connectivity index (χ1n) is 40.1. The number of ether oxygens (including phenoxy) is 10. The fourth-order valence-corrected chi connectivity index (χ4v) is 14.3. The molecule has 5 rings (SSSR count). The molecule has 18 N–H and O–H groups in total. The van der Waals surface area contributed by atoms with Crippen molar-refractivity contribution >= 4 is 11.8 Å². The van der Waals surface area contributed by atoms with Crippen molar-refractivity contribution in [1.82, 2.24) is 10.6 Å². The summed E-state index contributed by atoms with van der Waals surface area (Å²) in [5.74, 6) is -1.15. The van der Waals surface area contributed by atoms with Gasteiger partial charge in [0, 0.05) is 13.3 Å². The maximum absolute atomic E-state index is 13.5. The maximum atomic E-state index is 13.5. The molecule has 0 spiro atoms. The molecule has 5 fully saturated rings. The molecule has 0 aromatic carbocycles. The summed E-state index contributed by atoms with van der Waals surface area (Å²) in [5.41, 5.74) is 0. The Labute approximate surface area is 627 Å². The van der Waals surface area contributed by atoms with Crippen LogP contribution in [0, 0.1) is 0 Å². The normalized spacial score (nSPS) is 34.4. The molecule has 0 aromatic rings. The highest BCUT2D eigenvalue weighted by Gasteiger charge is 2.57. The van der Waals surface area contributed by atoms with Gasteiger partial charge in [0.15, 0.2) is 31.5 Å². The van der Waals surface area contributed by atoms with E-state index in [0.717, 1.165) is 58.3 Å². The van der Waals surface area contributed by atoms with E-state index in [2.05, 4.69) is 36.6 Å². The summed E-state index contributed by atoms with van der Waals surface area (Å²) >= 11 is 0. The van der Waals surface area contributed by atoms with Gasteiger partial charge in [0.2, 0.25) is 11.8 Å². The molecule has 27 atom stereocenters. The van der Waals surface area contributed by atoms with Crippen LogP contribution in [0.2, 0.25) is 0 Å². The number of carbonyl (C=O) groups excluding carboxylic acids is 2. The molecule has 0 radical (unpaired) electrons. The summed E-state index contributed by atoms with van der Waals surface area (Å²) in [4.78, 5) is 26.3. The van der Waals surface area contributed by atoms with E-state index < -0.39 is 211 Å². The Kier molecular flexibility index (Phi) is 47.3. The van der Waals surface area contributed by atoms with Crippen molar-refractivity contribution in [3.63, 3.8) is 0 Å². The minimum atomic E-state index is -2.15. The van der Waals surface area contributed by atoms with E-state index >= 15 is 0 Å². The van der Waals surface area contributed by atoms with Crippen LogP contribution in [-0.2, 0) is 57.0 Å². The molecular weight excluding hydrogens is 1390 g/mol. The molecule has 10 unspecified atom stereocenters. The summed E-state index contributed by atoms with van der Waals surface area (Å²) in [6.07, 6.45) is 0.952. The standard InChI is InChI=1S/C76H138N2O28/c1-4-6-8-10-12-14-16-18-19-20-21-22-23-24-25-26-27-29-31-33-35-37-39-41-56(86)78-49(50(85)40-38-36-34-32-30-28-17-15-13-11-9-7-5-2)47-97-73-65(94)63(92)69(55(46-83)102-73)104-76-66(95)70(59(88)52(43-80)100-76)105-72-57(77-48(3)84)61(90)68(54(45-82)101-72)103-75-67(96)71(60(89)53(44-81)99-75)106-74-64(93)62(91)58(87)51(42-79)98-74/h18-19,38,40,49-55,57-76,79-83,85,87-96H,4-17,20-37,39,41-47H2,1-3H3,(H,77,84)(H,78,86)/b19-18-,40-38+/t49-,50+,51?,52?,53?,54?,55?,57?,58-,59-,60-,61+,62-,63+,64?,65?,66?,67?,68+,69+,70-,71-,72-,73+,74+,75-,76-/m0/s1. The maximum Gasteiger partial charge on any atom is 0.220 e. The van der Waals surface area contributed by atoms with Crippen LogP contribution in [0.1, 0.15) is 239 Å². The van der Waals surface area contributed by atoms with Gasteiger partial charge in [-0.3, -0.25) is 9.59 Å². The van der Waals surface area contributed by atoms with Crippen LogP contribution in [0.3, 0.4) is 0 Å². The number of allylic oxidation sites excluding steroid dienone is 3. The zero-order valence-electron chi connectivity index (χ0n) is 63.2. The molecule has 30 heteroatoms. The van der Waals surface area contributed by atoms with Gasteiger partial charge in [-0.25, -0.2) is 0 Å². The van der Waals surface area contributed by atoms with Crippen molar-refractivity contribution in [1.29, 1.82) is 0 Å². The number of aliphatic hydroxyl groups excluding tert-OH is 16. The van der Waals surface area contributed by atoms with Crippen molar-refractivity contribution in [2.45, 2.75) is 405 Å². The van der Waals surface area contributed by atoms with E-state index in [1.807, 2.05) is 6.08 Å². The zero-order valence-corrected chi connectivity index (χ0v) is 63.2. The Morgan fingerprint density at radius 1 is 0.368 bits per heavy atom. The highest BCUT2D eigenvalue weighted by atomic mass is 16.8. The first kappa shape index (κ1) is 94.0. The van der Waals surface area contributed by atoms with E-state index in [9.17, 15) is 91.3 Å². The van der Waals surface area contributed by atoms with E-state index in [0.29, 0.717) is 12.8 Å². The van der Waals surface area contributed by atoms with Crippen LogP contribution >= 0.6 is 0 Å². The Morgan fingerprint density at radius 3 is 1.13 bits per heavy atom. The highest BCUT2D eigenvalue weighted by molar-refractivity contribution is 5.76. The van der Waals surface area contributed by atoms with Gasteiger partial charge in [-0.2, -0.15) is 0 Å². The van der Waals surface area contributed by atoms with E-state index in [1.165, 1.54) is 148 Å². The molecule has 106 heavy (non-hydrogen) atoms. The molecular formula is C76H138N2O28. The van der Waals surface area contributed by atoms with E-state index in [1.54, 1.807) is 6.08 Å². The lowest BCUT2D eigenvalue weighted by molar-refractivity contribution is -0.387. The van der Waals surface area contributed by atoms with Gasteiger partial charge in [-0.1, -0.05) is 205 Å². The molecule has 0 aliphatic carbocycles. The number of nitrogens with one attached hydrogen (secondary N) is 2. The van der Waals surface area contributed by atoms with Crippen LogP contribution in [-0.4, -0.2) is 299 Å². The molecule has 5 aliphatic heterocycles. The fourth-order valence-electron chi connectivity index (χ4n) is 14.3. The lowest BCUT2D eigenvalue weighted by Gasteiger charge is -2.50. The fraction of sp³-hybridized carbons (Fsp3) is 0.921. The number of carbonyl (C=O) groups is 2. The van der Waals surface area contributed by atoms with Crippen molar-refractivity contribution < 1.29 is 139 Å². The molecule has 0 aromatic heterocycles. The molecule has 2 amide bonds. The number of unbranched alkanes of at least 4 members (excludes halogenated alkanes) is 30. The Morgan fingerprint density at radius 2 is 0.708 bits per heavy atom. The predicted octanol–water partition coefficient (Wildman–Crippen LogP) is 2.50. The predicted molar refractivity (Wildman–Crippen MR) is 386 cm³/mol. The molecule has 5 heterocycles.